The minimum atomic E-state index is -3.78. The minimum Gasteiger partial charge on any atom is -0.457 e. The van der Waals surface area contributed by atoms with Gasteiger partial charge >= 0.3 is 0 Å². The Bertz CT molecular complexity index is 1140. The van der Waals surface area contributed by atoms with E-state index in [1.807, 2.05) is 30.3 Å². The van der Waals surface area contributed by atoms with Gasteiger partial charge in [-0.05, 0) is 61.4 Å². The van der Waals surface area contributed by atoms with Gasteiger partial charge in [0.1, 0.15) is 11.5 Å². The van der Waals surface area contributed by atoms with Gasteiger partial charge in [-0.3, -0.25) is 4.79 Å². The van der Waals surface area contributed by atoms with Crippen LogP contribution in [0, 0.1) is 0 Å². The minimum absolute atomic E-state index is 0.170. The molecule has 3 aromatic carbocycles. The number of nitrogens with zero attached hydrogens (tertiary/aromatic N) is 1. The van der Waals surface area contributed by atoms with Gasteiger partial charge in [0.2, 0.25) is 15.9 Å². The number of para-hydroxylation sites is 1. The molecule has 0 unspecified atom stereocenters. The van der Waals surface area contributed by atoms with Gasteiger partial charge in [0.05, 0.1) is 11.4 Å². The summed E-state index contributed by atoms with van der Waals surface area (Å²) in [6, 6.07) is 24.6. The maximum absolute atomic E-state index is 13.4. The van der Waals surface area contributed by atoms with Crippen molar-refractivity contribution in [2.75, 3.05) is 11.9 Å². The lowest BCUT2D eigenvalue weighted by Gasteiger charge is -2.33. The van der Waals surface area contributed by atoms with E-state index in [1.165, 1.54) is 4.31 Å². The van der Waals surface area contributed by atoms with Crippen molar-refractivity contribution in [3.05, 3.63) is 84.9 Å². The molecule has 1 N–H and O–H groups in total. The van der Waals surface area contributed by atoms with Crippen molar-refractivity contribution in [1.82, 2.24) is 4.31 Å². The van der Waals surface area contributed by atoms with Gasteiger partial charge in [-0.25, -0.2) is 8.42 Å². The summed E-state index contributed by atoms with van der Waals surface area (Å²) in [5.41, 5.74) is 0.584. The number of carbonyl (C=O) groups is 1. The van der Waals surface area contributed by atoms with E-state index in [9.17, 15) is 13.2 Å². The van der Waals surface area contributed by atoms with Gasteiger partial charge in [-0.15, -0.1) is 0 Å². The van der Waals surface area contributed by atoms with E-state index in [2.05, 4.69) is 5.32 Å². The van der Waals surface area contributed by atoms with Crippen LogP contribution in [0.3, 0.4) is 0 Å². The molecule has 0 aromatic heterocycles. The molecule has 0 heterocycles. The highest BCUT2D eigenvalue weighted by Crippen LogP contribution is 2.28. The number of hydrogen-bond donors (Lipinski definition) is 1. The Morgan fingerprint density at radius 3 is 2.03 bits per heavy atom. The van der Waals surface area contributed by atoms with E-state index in [4.69, 9.17) is 4.74 Å². The van der Waals surface area contributed by atoms with E-state index in [0.717, 1.165) is 37.9 Å². The molecule has 7 heteroatoms. The third kappa shape index (κ3) is 6.00. The summed E-state index contributed by atoms with van der Waals surface area (Å²) in [5.74, 6) is 1.01. The number of benzene rings is 3. The number of anilines is 1. The fraction of sp³-hybridized carbons (Fsp3) is 0.269. The Hall–Kier alpha value is -3.16. The maximum Gasteiger partial charge on any atom is 0.243 e. The first kappa shape index (κ1) is 23.0. The molecule has 33 heavy (non-hydrogen) atoms. The lowest BCUT2D eigenvalue weighted by Crippen LogP contribution is -2.45. The normalized spacial score (nSPS) is 14.7. The van der Waals surface area contributed by atoms with E-state index in [-0.39, 0.29) is 23.4 Å². The summed E-state index contributed by atoms with van der Waals surface area (Å²) < 4.78 is 33.9. The van der Waals surface area contributed by atoms with Crippen molar-refractivity contribution in [3.8, 4) is 11.5 Å². The maximum atomic E-state index is 13.4. The molecule has 1 fully saturated rings. The van der Waals surface area contributed by atoms with E-state index in [1.54, 1.807) is 54.6 Å². The van der Waals surface area contributed by atoms with Crippen molar-refractivity contribution in [1.29, 1.82) is 0 Å². The van der Waals surface area contributed by atoms with Gasteiger partial charge in [0.15, 0.2) is 0 Å². The Kier molecular flexibility index (Phi) is 7.42. The number of amides is 1. The SMILES string of the molecule is O=C(CN(C1CCCCC1)S(=O)(=O)c1ccccc1)Nc1ccc(Oc2ccccc2)cc1. The Balaban J connectivity index is 1.45. The summed E-state index contributed by atoms with van der Waals surface area (Å²) in [6.45, 7) is -0.218. The smallest absolute Gasteiger partial charge is 0.243 e. The van der Waals surface area contributed by atoms with Crippen LogP contribution in [0.4, 0.5) is 5.69 Å². The summed E-state index contributed by atoms with van der Waals surface area (Å²) in [6.07, 6.45) is 4.57. The monoisotopic (exact) mass is 464 g/mol. The van der Waals surface area contributed by atoms with Crippen LogP contribution < -0.4 is 10.1 Å². The molecule has 1 amide bonds. The summed E-state index contributed by atoms with van der Waals surface area (Å²) in [7, 11) is -3.78. The molecule has 4 rings (SSSR count). The van der Waals surface area contributed by atoms with Crippen LogP contribution in [0.5, 0.6) is 11.5 Å². The number of carbonyl (C=O) groups excluding carboxylic acids is 1. The van der Waals surface area contributed by atoms with E-state index >= 15 is 0 Å². The van der Waals surface area contributed by atoms with E-state index in [0.29, 0.717) is 11.4 Å². The standard InChI is InChI=1S/C26H28N2O4S/c29-26(27-21-16-18-24(19-17-21)32-23-12-6-2-7-13-23)20-28(22-10-4-1-5-11-22)33(30,31)25-14-8-3-9-15-25/h2-3,6-9,12-19,22H,1,4-5,10-11,20H2,(H,27,29). The summed E-state index contributed by atoms with van der Waals surface area (Å²) in [5, 5.41) is 2.83. The third-order valence-corrected chi connectivity index (χ3v) is 7.66. The molecular weight excluding hydrogens is 436 g/mol. The summed E-state index contributed by atoms with van der Waals surface area (Å²) in [4.78, 5) is 13.1. The zero-order valence-corrected chi connectivity index (χ0v) is 19.2. The molecule has 0 bridgehead atoms. The molecule has 1 saturated carbocycles. The van der Waals surface area contributed by atoms with Crippen LogP contribution in [-0.4, -0.2) is 31.2 Å². The zero-order valence-electron chi connectivity index (χ0n) is 18.4. The quantitative estimate of drug-likeness (QED) is 0.482. The molecular formula is C26H28N2O4S. The van der Waals surface area contributed by atoms with Gasteiger partial charge < -0.3 is 10.1 Å². The van der Waals surface area contributed by atoms with Crippen molar-refractivity contribution in [2.24, 2.45) is 0 Å². The first-order valence-corrected chi connectivity index (χ1v) is 12.7. The lowest BCUT2D eigenvalue weighted by atomic mass is 9.95. The highest BCUT2D eigenvalue weighted by molar-refractivity contribution is 7.89. The first-order chi connectivity index (χ1) is 16.0. The average molecular weight is 465 g/mol. The molecule has 172 valence electrons. The second kappa shape index (κ2) is 10.6. The highest BCUT2D eigenvalue weighted by Gasteiger charge is 2.33. The van der Waals surface area contributed by atoms with Gasteiger partial charge in [-0.1, -0.05) is 55.7 Å². The van der Waals surface area contributed by atoms with Crippen LogP contribution in [0.2, 0.25) is 0 Å². The molecule has 0 saturated heterocycles. The molecule has 0 radical (unpaired) electrons. The van der Waals surface area contributed by atoms with Crippen molar-refractivity contribution >= 4 is 21.6 Å². The molecule has 1 aliphatic carbocycles. The Morgan fingerprint density at radius 2 is 1.39 bits per heavy atom. The number of ether oxygens (including phenoxy) is 1. The molecule has 1 aliphatic rings. The van der Waals surface area contributed by atoms with Crippen LogP contribution >= 0.6 is 0 Å². The van der Waals surface area contributed by atoms with Crippen LogP contribution in [0.25, 0.3) is 0 Å². The van der Waals surface area contributed by atoms with E-state index < -0.39 is 10.0 Å². The second-order valence-electron chi connectivity index (χ2n) is 8.14. The predicted octanol–water partition coefficient (Wildman–Crippen LogP) is 5.44. The van der Waals surface area contributed by atoms with Crippen molar-refractivity contribution < 1.29 is 17.9 Å². The third-order valence-electron chi connectivity index (χ3n) is 5.75. The molecule has 0 aliphatic heterocycles. The van der Waals surface area contributed by atoms with Crippen molar-refractivity contribution in [3.63, 3.8) is 0 Å². The average Bonchev–Trinajstić information content (AvgIpc) is 2.85. The van der Waals surface area contributed by atoms with Crippen molar-refractivity contribution in [2.45, 2.75) is 43.0 Å². The highest BCUT2D eigenvalue weighted by atomic mass is 32.2. The number of sulfonamides is 1. The first-order valence-electron chi connectivity index (χ1n) is 11.2. The second-order valence-corrected chi connectivity index (χ2v) is 10.0. The number of nitrogens with one attached hydrogen (secondary N) is 1. The largest absolute Gasteiger partial charge is 0.457 e. The fourth-order valence-corrected chi connectivity index (χ4v) is 5.74. The van der Waals surface area contributed by atoms with Crippen LogP contribution in [0.15, 0.2) is 89.8 Å². The number of rotatable bonds is 8. The Morgan fingerprint density at radius 1 is 0.818 bits per heavy atom. The molecule has 6 nitrogen and oxygen atoms in total. The predicted molar refractivity (Wildman–Crippen MR) is 129 cm³/mol. The zero-order chi connectivity index (χ0) is 23.1. The Labute approximate surface area is 195 Å². The topological polar surface area (TPSA) is 75.7 Å². The fourth-order valence-electron chi connectivity index (χ4n) is 4.08. The molecule has 3 aromatic rings. The lowest BCUT2D eigenvalue weighted by molar-refractivity contribution is -0.116. The molecule has 0 atom stereocenters. The summed E-state index contributed by atoms with van der Waals surface area (Å²) >= 11 is 0. The van der Waals surface area contributed by atoms with Gasteiger partial charge in [0, 0.05) is 11.7 Å². The van der Waals surface area contributed by atoms with Crippen LogP contribution in [-0.2, 0) is 14.8 Å². The number of hydrogen-bond acceptors (Lipinski definition) is 4. The molecule has 0 spiro atoms. The van der Waals surface area contributed by atoms with Crippen LogP contribution in [0.1, 0.15) is 32.1 Å². The van der Waals surface area contributed by atoms with Gasteiger partial charge in [-0.2, -0.15) is 4.31 Å². The van der Waals surface area contributed by atoms with Gasteiger partial charge in [0.25, 0.3) is 0 Å².